The van der Waals surface area contributed by atoms with E-state index in [1.807, 2.05) is 49.6 Å². The molecule has 0 saturated heterocycles. The van der Waals surface area contributed by atoms with Crippen molar-refractivity contribution in [2.24, 2.45) is 10.9 Å². The Morgan fingerprint density at radius 2 is 2.00 bits per heavy atom. The van der Waals surface area contributed by atoms with Crippen LogP contribution in [0.5, 0.6) is 0 Å². The van der Waals surface area contributed by atoms with Crippen molar-refractivity contribution in [3.63, 3.8) is 0 Å². The van der Waals surface area contributed by atoms with Gasteiger partial charge in [-0.15, -0.1) is 0 Å². The molecule has 2 rings (SSSR count). The van der Waals surface area contributed by atoms with Crippen molar-refractivity contribution < 1.29 is 14.3 Å². The van der Waals surface area contributed by atoms with Crippen LogP contribution >= 0.6 is 11.3 Å². The molecule has 23 heavy (non-hydrogen) atoms. The van der Waals surface area contributed by atoms with Crippen LogP contribution in [0, 0.1) is 5.92 Å². The number of para-hydroxylation sites is 1. The van der Waals surface area contributed by atoms with Crippen LogP contribution in [-0.4, -0.2) is 23.6 Å². The standard InChI is InChI=1S/C17H22N2O3S/c1-5-12(16(21)22-4)19-13-8-6-7-9-14(13)23-17(19)18-15(20)10-11(2)3/h6-9,11-12H,5,10H2,1-4H3/b18-17-. The molecule has 5 nitrogen and oxygen atoms in total. The van der Waals surface area contributed by atoms with E-state index in [1.54, 1.807) is 0 Å². The first kappa shape index (κ1) is 17.4. The van der Waals surface area contributed by atoms with Crippen LogP contribution in [0.3, 0.4) is 0 Å². The quantitative estimate of drug-likeness (QED) is 0.788. The number of methoxy groups -OCH3 is 1. The van der Waals surface area contributed by atoms with Crippen molar-refractivity contribution in [1.82, 2.24) is 4.57 Å². The molecule has 0 spiro atoms. The van der Waals surface area contributed by atoms with Crippen LogP contribution in [0.2, 0.25) is 0 Å². The lowest BCUT2D eigenvalue weighted by Gasteiger charge is -2.15. The Morgan fingerprint density at radius 1 is 1.30 bits per heavy atom. The lowest BCUT2D eigenvalue weighted by atomic mass is 10.1. The fourth-order valence-corrected chi connectivity index (χ4v) is 3.55. The zero-order valence-electron chi connectivity index (χ0n) is 13.9. The molecule has 2 aromatic rings. The minimum absolute atomic E-state index is 0.167. The molecule has 6 heteroatoms. The highest BCUT2D eigenvalue weighted by molar-refractivity contribution is 7.16. The third-order valence-electron chi connectivity index (χ3n) is 3.51. The zero-order chi connectivity index (χ0) is 17.0. The van der Waals surface area contributed by atoms with Crippen LogP contribution in [0.4, 0.5) is 0 Å². The molecule has 0 N–H and O–H groups in total. The summed E-state index contributed by atoms with van der Waals surface area (Å²) < 4.78 is 7.73. The summed E-state index contributed by atoms with van der Waals surface area (Å²) in [7, 11) is 1.38. The monoisotopic (exact) mass is 334 g/mol. The number of rotatable bonds is 5. The molecular formula is C17H22N2O3S. The Labute approximate surface area is 139 Å². The number of esters is 1. The average Bonchev–Trinajstić information content (AvgIpc) is 2.85. The number of fused-ring (bicyclic) bond motifs is 1. The Morgan fingerprint density at radius 3 is 2.61 bits per heavy atom. The van der Waals surface area contributed by atoms with Crippen molar-refractivity contribution in [2.75, 3.05) is 7.11 Å². The van der Waals surface area contributed by atoms with Crippen LogP contribution in [0.1, 0.15) is 39.7 Å². The van der Waals surface area contributed by atoms with Gasteiger partial charge in [-0.25, -0.2) is 4.79 Å². The van der Waals surface area contributed by atoms with E-state index >= 15 is 0 Å². The van der Waals surface area contributed by atoms with Crippen LogP contribution in [0.25, 0.3) is 10.2 Å². The van der Waals surface area contributed by atoms with Crippen molar-refractivity contribution in [3.05, 3.63) is 29.1 Å². The fraction of sp³-hybridized carbons (Fsp3) is 0.471. The predicted octanol–water partition coefficient (Wildman–Crippen LogP) is 3.30. The molecule has 0 fully saturated rings. The highest BCUT2D eigenvalue weighted by atomic mass is 32.1. The molecule has 1 unspecified atom stereocenters. The molecule has 1 amide bonds. The Bertz CT molecular complexity index is 773. The van der Waals surface area contributed by atoms with Crippen LogP contribution in [-0.2, 0) is 14.3 Å². The number of benzene rings is 1. The van der Waals surface area contributed by atoms with Gasteiger partial charge in [0.1, 0.15) is 6.04 Å². The number of carbonyl (C=O) groups is 2. The molecule has 124 valence electrons. The van der Waals surface area contributed by atoms with Crippen molar-refractivity contribution in [1.29, 1.82) is 0 Å². The SMILES string of the molecule is CCC(C(=O)OC)n1/c(=N/C(=O)CC(C)C)sc2ccccc21. The molecule has 0 aliphatic carbocycles. The second kappa shape index (κ2) is 7.55. The van der Waals surface area contributed by atoms with E-state index in [4.69, 9.17) is 4.74 Å². The van der Waals surface area contributed by atoms with E-state index in [9.17, 15) is 9.59 Å². The summed E-state index contributed by atoms with van der Waals surface area (Å²) in [6.07, 6.45) is 0.961. The number of amides is 1. The molecule has 0 bridgehead atoms. The Hall–Kier alpha value is -1.95. The van der Waals surface area contributed by atoms with E-state index in [-0.39, 0.29) is 17.8 Å². The van der Waals surface area contributed by atoms with E-state index in [2.05, 4.69) is 4.99 Å². The lowest BCUT2D eigenvalue weighted by molar-refractivity contribution is -0.144. The van der Waals surface area contributed by atoms with Gasteiger partial charge >= 0.3 is 5.97 Å². The maximum Gasteiger partial charge on any atom is 0.328 e. The van der Waals surface area contributed by atoms with Crippen LogP contribution < -0.4 is 4.80 Å². The lowest BCUT2D eigenvalue weighted by Crippen LogP contribution is -2.28. The molecule has 0 radical (unpaired) electrons. The highest BCUT2D eigenvalue weighted by Crippen LogP contribution is 2.23. The van der Waals surface area contributed by atoms with E-state index < -0.39 is 6.04 Å². The van der Waals surface area contributed by atoms with Gasteiger partial charge in [0, 0.05) is 6.42 Å². The largest absolute Gasteiger partial charge is 0.467 e. The van der Waals surface area contributed by atoms with Gasteiger partial charge in [0.25, 0.3) is 0 Å². The zero-order valence-corrected chi connectivity index (χ0v) is 14.7. The van der Waals surface area contributed by atoms with E-state index in [1.165, 1.54) is 18.4 Å². The molecule has 1 atom stereocenters. The molecule has 1 aromatic heterocycles. The maximum absolute atomic E-state index is 12.1. The molecule has 1 heterocycles. The number of thiazole rings is 1. The predicted molar refractivity (Wildman–Crippen MR) is 91.2 cm³/mol. The van der Waals surface area contributed by atoms with Crippen LogP contribution in [0.15, 0.2) is 29.3 Å². The first-order chi connectivity index (χ1) is 11.0. The summed E-state index contributed by atoms with van der Waals surface area (Å²) in [5.41, 5.74) is 0.894. The van der Waals surface area contributed by atoms with E-state index in [0.717, 1.165) is 10.2 Å². The van der Waals surface area contributed by atoms with Gasteiger partial charge in [0.15, 0.2) is 4.80 Å². The third kappa shape index (κ3) is 3.88. The number of nitrogens with zero attached hydrogens (tertiary/aromatic N) is 2. The number of hydrogen-bond donors (Lipinski definition) is 0. The van der Waals surface area contributed by atoms with Gasteiger partial charge in [-0.1, -0.05) is 44.2 Å². The van der Waals surface area contributed by atoms with Gasteiger partial charge in [0.2, 0.25) is 5.91 Å². The minimum Gasteiger partial charge on any atom is -0.467 e. The number of carbonyl (C=O) groups excluding carboxylic acids is 2. The topological polar surface area (TPSA) is 60.7 Å². The minimum atomic E-state index is -0.484. The smallest absolute Gasteiger partial charge is 0.328 e. The molecule has 0 saturated carbocycles. The number of ether oxygens (including phenoxy) is 1. The second-order valence-corrected chi connectivity index (χ2v) is 6.78. The summed E-state index contributed by atoms with van der Waals surface area (Å²) in [5.74, 6) is -0.245. The van der Waals surface area contributed by atoms with Crippen molar-refractivity contribution in [3.8, 4) is 0 Å². The normalized spacial score (nSPS) is 13.5. The summed E-state index contributed by atoms with van der Waals surface area (Å²) in [5, 5.41) is 0. The Balaban J connectivity index is 2.64. The summed E-state index contributed by atoms with van der Waals surface area (Å²) in [6, 6.07) is 7.26. The fourth-order valence-electron chi connectivity index (χ4n) is 2.46. The van der Waals surface area contributed by atoms with Gasteiger partial charge in [-0.2, -0.15) is 4.99 Å². The first-order valence-electron chi connectivity index (χ1n) is 7.73. The molecule has 0 aliphatic rings. The number of hydrogen-bond acceptors (Lipinski definition) is 4. The second-order valence-electron chi connectivity index (χ2n) is 5.77. The molecule has 1 aromatic carbocycles. The Kier molecular flexibility index (Phi) is 5.71. The van der Waals surface area contributed by atoms with Crippen molar-refractivity contribution in [2.45, 2.75) is 39.7 Å². The van der Waals surface area contributed by atoms with Gasteiger partial charge in [-0.3, -0.25) is 4.79 Å². The van der Waals surface area contributed by atoms with Gasteiger partial charge in [-0.05, 0) is 24.5 Å². The first-order valence-corrected chi connectivity index (χ1v) is 8.55. The average molecular weight is 334 g/mol. The number of aromatic nitrogens is 1. The van der Waals surface area contributed by atoms with Gasteiger partial charge < -0.3 is 9.30 Å². The highest BCUT2D eigenvalue weighted by Gasteiger charge is 2.23. The summed E-state index contributed by atoms with van der Waals surface area (Å²) in [4.78, 5) is 29.1. The molecule has 0 aliphatic heterocycles. The van der Waals surface area contributed by atoms with Gasteiger partial charge in [0.05, 0.1) is 17.3 Å². The summed E-state index contributed by atoms with van der Waals surface area (Å²) >= 11 is 1.42. The molecular weight excluding hydrogens is 312 g/mol. The van der Waals surface area contributed by atoms with Crippen molar-refractivity contribution >= 4 is 33.4 Å². The maximum atomic E-state index is 12.1. The summed E-state index contributed by atoms with van der Waals surface area (Å²) in [6.45, 7) is 5.88. The third-order valence-corrected chi connectivity index (χ3v) is 4.54. The van der Waals surface area contributed by atoms with E-state index in [0.29, 0.717) is 17.6 Å².